The van der Waals surface area contributed by atoms with Gasteiger partial charge in [0.25, 0.3) is 0 Å². The summed E-state index contributed by atoms with van der Waals surface area (Å²) in [6, 6.07) is 80.5. The van der Waals surface area contributed by atoms with E-state index >= 15 is 0 Å². The average molecular weight is 725 g/mol. The molecule has 1 unspecified atom stereocenters. The van der Waals surface area contributed by atoms with Crippen molar-refractivity contribution in [3.8, 4) is 39.1 Å². The molecule has 2 nitrogen and oxygen atoms in total. The molecule has 2 heteroatoms. The van der Waals surface area contributed by atoms with Crippen molar-refractivity contribution in [1.29, 1.82) is 0 Å². The smallest absolute Gasteiger partial charge is 0.0755 e. The first-order valence-corrected chi connectivity index (χ1v) is 19.8. The normalized spacial score (nSPS) is 14.7. The molecule has 266 valence electrons. The van der Waals surface area contributed by atoms with Gasteiger partial charge in [-0.1, -0.05) is 170 Å². The van der Waals surface area contributed by atoms with Crippen LogP contribution in [0, 0.1) is 0 Å². The Labute approximate surface area is 332 Å². The minimum Gasteiger partial charge on any atom is -0.310 e. The molecule has 10 aromatic rings. The van der Waals surface area contributed by atoms with Crippen molar-refractivity contribution in [2.24, 2.45) is 0 Å². The maximum atomic E-state index is 2.52. The van der Waals surface area contributed by atoms with Gasteiger partial charge in [0.2, 0.25) is 0 Å². The molecule has 1 aliphatic carbocycles. The molecule has 0 bridgehead atoms. The van der Waals surface area contributed by atoms with Crippen LogP contribution in [0.4, 0.5) is 17.1 Å². The summed E-state index contributed by atoms with van der Waals surface area (Å²) in [6.07, 6.45) is 0. The lowest BCUT2D eigenvalue weighted by Crippen LogP contribution is -2.33. The Morgan fingerprint density at radius 1 is 0.351 bits per heavy atom. The zero-order valence-electron chi connectivity index (χ0n) is 31.2. The molecule has 0 radical (unpaired) electrons. The van der Waals surface area contributed by atoms with Gasteiger partial charge in [-0.2, -0.15) is 0 Å². The fourth-order valence-electron chi connectivity index (χ4n) is 10.1. The molecule has 0 saturated carbocycles. The molecule has 1 atom stereocenters. The highest BCUT2D eigenvalue weighted by Gasteiger charge is 2.51. The van der Waals surface area contributed by atoms with Gasteiger partial charge < -0.3 is 9.47 Å². The van der Waals surface area contributed by atoms with Crippen molar-refractivity contribution in [3.63, 3.8) is 0 Å². The number of benzene rings is 9. The van der Waals surface area contributed by atoms with Crippen molar-refractivity contribution in [1.82, 2.24) is 4.57 Å². The van der Waals surface area contributed by atoms with Crippen LogP contribution >= 0.6 is 0 Å². The molecule has 2 heterocycles. The molecule has 0 saturated heterocycles. The van der Waals surface area contributed by atoms with Crippen LogP contribution < -0.4 is 4.90 Å². The fourth-order valence-corrected chi connectivity index (χ4v) is 10.1. The maximum Gasteiger partial charge on any atom is 0.0755 e. The molecule has 57 heavy (non-hydrogen) atoms. The first kappa shape index (κ1) is 31.9. The SMILES string of the molecule is c1ccc(-c2cccc(-c3ccccc3N(c3ccccc3)c3ccc4c(c3)C3(c5ccccc5-4)c4ccccc4-n4c5ccccc5c5cccc3c54)c2)cc1. The fraction of sp³-hybridized carbons (Fsp3) is 0.0182. The van der Waals surface area contributed by atoms with Crippen LogP contribution in [0.15, 0.2) is 218 Å². The third-order valence-corrected chi connectivity index (χ3v) is 12.4. The molecule has 12 rings (SSSR count). The third kappa shape index (κ3) is 4.47. The molecule has 2 aliphatic rings. The largest absolute Gasteiger partial charge is 0.310 e. The summed E-state index contributed by atoms with van der Waals surface area (Å²) in [5.74, 6) is 0. The van der Waals surface area contributed by atoms with E-state index < -0.39 is 5.41 Å². The third-order valence-electron chi connectivity index (χ3n) is 12.4. The van der Waals surface area contributed by atoms with Crippen LogP contribution in [0.25, 0.3) is 60.9 Å². The zero-order chi connectivity index (χ0) is 37.5. The number of hydrogen-bond donors (Lipinski definition) is 0. The van der Waals surface area contributed by atoms with E-state index in [0.717, 1.165) is 17.1 Å². The van der Waals surface area contributed by atoms with Gasteiger partial charge >= 0.3 is 0 Å². The average Bonchev–Trinajstić information content (AvgIpc) is 3.78. The van der Waals surface area contributed by atoms with Crippen LogP contribution in [0.3, 0.4) is 0 Å². The predicted octanol–water partition coefficient (Wildman–Crippen LogP) is 14.3. The summed E-state index contributed by atoms with van der Waals surface area (Å²) in [7, 11) is 0. The number of fused-ring (bicyclic) bond motifs is 12. The van der Waals surface area contributed by atoms with Crippen molar-refractivity contribution in [2.75, 3.05) is 4.90 Å². The topological polar surface area (TPSA) is 8.17 Å². The number of nitrogens with zero attached hydrogens (tertiary/aromatic N) is 2. The summed E-state index contributed by atoms with van der Waals surface area (Å²) in [6.45, 7) is 0. The lowest BCUT2D eigenvalue weighted by atomic mass is 9.65. The van der Waals surface area contributed by atoms with Gasteiger partial charge in [-0.05, 0) is 98.6 Å². The standard InChI is InChI=1S/C55H36N2/c1-3-17-37(18-4-1)38-19-15-20-39(35-38)42-23-8-12-30-51(42)56(40-21-5-2-6-22-40)41-33-34-44-43-24-7-10-27-47(43)55(50(44)36-41)48-28-11-14-32-53(48)57-52-31-13-9-25-45(52)46-26-16-29-49(55)54(46)57/h1-36H. The Morgan fingerprint density at radius 2 is 0.965 bits per heavy atom. The van der Waals surface area contributed by atoms with E-state index in [2.05, 4.69) is 228 Å². The highest BCUT2D eigenvalue weighted by Crippen LogP contribution is 2.61. The molecule has 0 amide bonds. The van der Waals surface area contributed by atoms with Gasteiger partial charge in [-0.15, -0.1) is 0 Å². The Morgan fingerprint density at radius 3 is 1.84 bits per heavy atom. The van der Waals surface area contributed by atoms with Gasteiger partial charge in [0.05, 0.1) is 27.8 Å². The van der Waals surface area contributed by atoms with Crippen LogP contribution in [-0.2, 0) is 5.41 Å². The van der Waals surface area contributed by atoms with Crippen molar-refractivity contribution in [2.45, 2.75) is 5.41 Å². The molecular weight excluding hydrogens is 689 g/mol. The van der Waals surface area contributed by atoms with E-state index in [9.17, 15) is 0 Å². The highest BCUT2D eigenvalue weighted by molar-refractivity contribution is 6.13. The monoisotopic (exact) mass is 724 g/mol. The minimum atomic E-state index is -0.533. The molecule has 1 spiro atoms. The number of para-hydroxylation sites is 5. The number of aromatic nitrogens is 1. The Hall–Kier alpha value is -7.42. The summed E-state index contributed by atoms with van der Waals surface area (Å²) in [4.78, 5) is 2.45. The molecular formula is C55H36N2. The Bertz CT molecular complexity index is 3190. The van der Waals surface area contributed by atoms with E-state index in [1.165, 1.54) is 83.1 Å². The second kappa shape index (κ2) is 12.3. The van der Waals surface area contributed by atoms with Crippen molar-refractivity contribution < 1.29 is 0 Å². The van der Waals surface area contributed by atoms with Crippen LogP contribution in [0.1, 0.15) is 22.3 Å². The number of rotatable bonds is 5. The second-order valence-corrected chi connectivity index (χ2v) is 15.2. The van der Waals surface area contributed by atoms with Gasteiger partial charge in [0, 0.05) is 27.7 Å². The van der Waals surface area contributed by atoms with Crippen LogP contribution in [0.2, 0.25) is 0 Å². The molecule has 1 aromatic heterocycles. The van der Waals surface area contributed by atoms with E-state index in [4.69, 9.17) is 0 Å². The molecule has 0 N–H and O–H groups in total. The van der Waals surface area contributed by atoms with E-state index in [1.807, 2.05) is 0 Å². The first-order chi connectivity index (χ1) is 28.3. The molecule has 1 aliphatic heterocycles. The second-order valence-electron chi connectivity index (χ2n) is 15.2. The molecule has 9 aromatic carbocycles. The van der Waals surface area contributed by atoms with E-state index in [1.54, 1.807) is 0 Å². The summed E-state index contributed by atoms with van der Waals surface area (Å²) < 4.78 is 2.52. The van der Waals surface area contributed by atoms with E-state index in [0.29, 0.717) is 0 Å². The zero-order valence-corrected chi connectivity index (χ0v) is 31.2. The number of anilines is 3. The maximum absolute atomic E-state index is 2.52. The van der Waals surface area contributed by atoms with Gasteiger partial charge in [0.15, 0.2) is 0 Å². The Balaban J connectivity index is 1.14. The van der Waals surface area contributed by atoms with Crippen LogP contribution in [0.5, 0.6) is 0 Å². The van der Waals surface area contributed by atoms with Gasteiger partial charge in [0.1, 0.15) is 0 Å². The van der Waals surface area contributed by atoms with Crippen molar-refractivity contribution >= 4 is 38.9 Å². The van der Waals surface area contributed by atoms with Gasteiger partial charge in [-0.3, -0.25) is 0 Å². The highest BCUT2D eigenvalue weighted by atomic mass is 15.1. The quantitative estimate of drug-likeness (QED) is 0.172. The van der Waals surface area contributed by atoms with E-state index in [-0.39, 0.29) is 0 Å². The minimum absolute atomic E-state index is 0.533. The summed E-state index contributed by atoms with van der Waals surface area (Å²) >= 11 is 0. The lowest BCUT2D eigenvalue weighted by Gasteiger charge is -2.40. The van der Waals surface area contributed by atoms with Crippen molar-refractivity contribution in [3.05, 3.63) is 241 Å². The van der Waals surface area contributed by atoms with Crippen LogP contribution in [-0.4, -0.2) is 4.57 Å². The summed E-state index contributed by atoms with van der Waals surface area (Å²) in [5.41, 5.74) is 19.2. The Kier molecular flexibility index (Phi) is 6.88. The van der Waals surface area contributed by atoms with Gasteiger partial charge in [-0.25, -0.2) is 0 Å². The predicted molar refractivity (Wildman–Crippen MR) is 237 cm³/mol. The first-order valence-electron chi connectivity index (χ1n) is 19.8. The summed E-state index contributed by atoms with van der Waals surface area (Å²) in [5, 5.41) is 2.57. The lowest BCUT2D eigenvalue weighted by molar-refractivity contribution is 0.748. The molecule has 0 fully saturated rings. The number of hydrogen-bond acceptors (Lipinski definition) is 1.